The average Bonchev–Trinajstić information content (AvgIpc) is 2.68. The van der Waals surface area contributed by atoms with Gasteiger partial charge < -0.3 is 15.2 Å². The summed E-state index contributed by atoms with van der Waals surface area (Å²) in [7, 11) is 1.29. The number of nitrogens with one attached hydrogen (secondary N) is 1. The lowest BCUT2D eigenvalue weighted by Crippen LogP contribution is -2.15. The Bertz CT molecular complexity index is 934. The number of hydrogen-bond donors (Lipinski definition) is 2. The van der Waals surface area contributed by atoms with Gasteiger partial charge in [0.15, 0.2) is 0 Å². The molecule has 26 heavy (non-hydrogen) atoms. The maximum absolute atomic E-state index is 12.5. The lowest BCUT2D eigenvalue weighted by molar-refractivity contribution is 0.0602. The standard InChI is InChI=1S/C21H17NO4/c1-26-21(25)18-12-9-16(14-5-3-2-4-6-14)13-19(18)22-20(24)15-7-10-17(23)11-8-15/h2-13,23H,1H3,(H,22,24). The molecule has 0 bridgehead atoms. The number of methoxy groups -OCH3 is 1. The Morgan fingerprint density at radius 1 is 0.885 bits per heavy atom. The van der Waals surface area contributed by atoms with E-state index in [1.165, 1.54) is 31.4 Å². The Morgan fingerprint density at radius 2 is 1.58 bits per heavy atom. The minimum Gasteiger partial charge on any atom is -0.508 e. The molecule has 1 amide bonds. The topological polar surface area (TPSA) is 75.6 Å². The molecular formula is C21H17NO4. The summed E-state index contributed by atoms with van der Waals surface area (Å²) in [5, 5.41) is 12.1. The van der Waals surface area contributed by atoms with Gasteiger partial charge in [-0.3, -0.25) is 4.79 Å². The fourth-order valence-electron chi connectivity index (χ4n) is 2.55. The van der Waals surface area contributed by atoms with Crippen LogP contribution in [0.25, 0.3) is 11.1 Å². The van der Waals surface area contributed by atoms with Gasteiger partial charge in [-0.15, -0.1) is 0 Å². The number of amides is 1. The number of esters is 1. The van der Waals surface area contributed by atoms with E-state index in [2.05, 4.69) is 5.32 Å². The van der Waals surface area contributed by atoms with Gasteiger partial charge in [0.25, 0.3) is 5.91 Å². The van der Waals surface area contributed by atoms with Crippen molar-refractivity contribution in [3.63, 3.8) is 0 Å². The number of carbonyl (C=O) groups is 2. The molecule has 0 spiro atoms. The van der Waals surface area contributed by atoms with E-state index < -0.39 is 5.97 Å². The number of carbonyl (C=O) groups excluding carboxylic acids is 2. The van der Waals surface area contributed by atoms with E-state index >= 15 is 0 Å². The zero-order valence-corrected chi connectivity index (χ0v) is 14.1. The normalized spacial score (nSPS) is 10.2. The van der Waals surface area contributed by atoms with Crippen LogP contribution in [0.3, 0.4) is 0 Å². The predicted molar refractivity (Wildman–Crippen MR) is 99.3 cm³/mol. The molecule has 0 aromatic heterocycles. The van der Waals surface area contributed by atoms with Crippen molar-refractivity contribution in [3.8, 4) is 16.9 Å². The number of phenolic OH excluding ortho intramolecular Hbond substituents is 1. The van der Waals surface area contributed by atoms with E-state index in [4.69, 9.17) is 4.74 Å². The summed E-state index contributed by atoms with van der Waals surface area (Å²) in [5.41, 5.74) is 2.81. The SMILES string of the molecule is COC(=O)c1ccc(-c2ccccc2)cc1NC(=O)c1ccc(O)cc1. The molecule has 0 aliphatic carbocycles. The van der Waals surface area contributed by atoms with Gasteiger partial charge in [-0.05, 0) is 47.5 Å². The number of anilines is 1. The van der Waals surface area contributed by atoms with E-state index in [1.54, 1.807) is 18.2 Å². The smallest absolute Gasteiger partial charge is 0.339 e. The second kappa shape index (κ2) is 7.53. The van der Waals surface area contributed by atoms with Crippen molar-refractivity contribution in [3.05, 3.63) is 83.9 Å². The van der Waals surface area contributed by atoms with Crippen LogP contribution in [0.5, 0.6) is 5.75 Å². The van der Waals surface area contributed by atoms with Gasteiger partial charge >= 0.3 is 5.97 Å². The van der Waals surface area contributed by atoms with E-state index in [0.29, 0.717) is 11.3 Å². The van der Waals surface area contributed by atoms with Gasteiger partial charge in [0, 0.05) is 5.56 Å². The van der Waals surface area contributed by atoms with Crippen LogP contribution >= 0.6 is 0 Å². The molecule has 0 aliphatic rings. The van der Waals surface area contributed by atoms with Crippen molar-refractivity contribution in [2.75, 3.05) is 12.4 Å². The largest absolute Gasteiger partial charge is 0.508 e. The predicted octanol–water partition coefficient (Wildman–Crippen LogP) is 4.10. The van der Waals surface area contributed by atoms with E-state index in [1.807, 2.05) is 30.3 Å². The fourth-order valence-corrected chi connectivity index (χ4v) is 2.55. The summed E-state index contributed by atoms with van der Waals surface area (Å²) in [6.07, 6.45) is 0. The van der Waals surface area contributed by atoms with Crippen molar-refractivity contribution in [2.45, 2.75) is 0 Å². The van der Waals surface area contributed by atoms with Crippen LogP contribution in [0.2, 0.25) is 0 Å². The maximum atomic E-state index is 12.5. The molecule has 0 fully saturated rings. The number of ether oxygens (including phenoxy) is 1. The monoisotopic (exact) mass is 347 g/mol. The summed E-state index contributed by atoms with van der Waals surface area (Å²) in [6, 6.07) is 20.7. The summed E-state index contributed by atoms with van der Waals surface area (Å²) < 4.78 is 4.80. The van der Waals surface area contributed by atoms with Crippen LogP contribution in [0, 0.1) is 0 Å². The van der Waals surface area contributed by atoms with Crippen molar-refractivity contribution < 1.29 is 19.4 Å². The number of hydrogen-bond acceptors (Lipinski definition) is 4. The molecule has 0 saturated carbocycles. The van der Waals surface area contributed by atoms with Crippen LogP contribution in [0.4, 0.5) is 5.69 Å². The number of rotatable bonds is 4. The zero-order chi connectivity index (χ0) is 18.5. The highest BCUT2D eigenvalue weighted by molar-refractivity contribution is 6.08. The molecule has 0 heterocycles. The highest BCUT2D eigenvalue weighted by atomic mass is 16.5. The molecule has 3 aromatic rings. The average molecular weight is 347 g/mol. The Hall–Kier alpha value is -3.60. The van der Waals surface area contributed by atoms with E-state index in [9.17, 15) is 14.7 Å². The van der Waals surface area contributed by atoms with Gasteiger partial charge in [0.2, 0.25) is 0 Å². The third kappa shape index (κ3) is 3.72. The summed E-state index contributed by atoms with van der Waals surface area (Å²) >= 11 is 0. The molecule has 0 saturated heterocycles. The Labute approximate surface area is 150 Å². The van der Waals surface area contributed by atoms with Gasteiger partial charge in [0.1, 0.15) is 5.75 Å². The van der Waals surface area contributed by atoms with Gasteiger partial charge in [-0.2, -0.15) is 0 Å². The lowest BCUT2D eigenvalue weighted by atomic mass is 10.0. The van der Waals surface area contributed by atoms with Crippen LogP contribution in [0.1, 0.15) is 20.7 Å². The number of phenols is 1. The van der Waals surface area contributed by atoms with Crippen LogP contribution in [-0.2, 0) is 4.74 Å². The first-order valence-electron chi connectivity index (χ1n) is 7.96. The summed E-state index contributed by atoms with van der Waals surface area (Å²) in [6.45, 7) is 0. The summed E-state index contributed by atoms with van der Waals surface area (Å²) in [4.78, 5) is 24.5. The molecular weight excluding hydrogens is 330 g/mol. The summed E-state index contributed by atoms with van der Waals surface area (Å²) in [5.74, 6) is -0.853. The van der Waals surface area contributed by atoms with Crippen LogP contribution in [0.15, 0.2) is 72.8 Å². The van der Waals surface area contributed by atoms with Gasteiger partial charge in [0.05, 0.1) is 18.4 Å². The molecule has 5 heteroatoms. The first kappa shape index (κ1) is 17.2. The molecule has 0 radical (unpaired) electrons. The molecule has 0 atom stereocenters. The second-order valence-electron chi connectivity index (χ2n) is 5.62. The second-order valence-corrected chi connectivity index (χ2v) is 5.62. The van der Waals surface area contributed by atoms with Crippen LogP contribution < -0.4 is 5.32 Å². The molecule has 2 N–H and O–H groups in total. The molecule has 0 aliphatic heterocycles. The Kier molecular flexibility index (Phi) is 4.99. The molecule has 3 aromatic carbocycles. The lowest BCUT2D eigenvalue weighted by Gasteiger charge is -2.12. The fraction of sp³-hybridized carbons (Fsp3) is 0.0476. The molecule has 0 unspecified atom stereocenters. The molecule has 5 nitrogen and oxygen atoms in total. The van der Waals surface area contributed by atoms with Gasteiger partial charge in [-0.1, -0.05) is 36.4 Å². The third-order valence-corrected chi connectivity index (χ3v) is 3.91. The quantitative estimate of drug-likeness (QED) is 0.697. The first-order valence-corrected chi connectivity index (χ1v) is 7.96. The minimum absolute atomic E-state index is 0.0721. The Balaban J connectivity index is 1.98. The highest BCUT2D eigenvalue weighted by Gasteiger charge is 2.16. The van der Waals surface area contributed by atoms with Crippen molar-refractivity contribution in [1.82, 2.24) is 0 Å². The maximum Gasteiger partial charge on any atom is 0.339 e. The number of aromatic hydroxyl groups is 1. The molecule has 3 rings (SSSR count). The minimum atomic E-state index is -0.536. The van der Waals surface area contributed by atoms with Crippen molar-refractivity contribution in [2.24, 2.45) is 0 Å². The van der Waals surface area contributed by atoms with Crippen LogP contribution in [-0.4, -0.2) is 24.1 Å². The Morgan fingerprint density at radius 3 is 2.23 bits per heavy atom. The highest BCUT2D eigenvalue weighted by Crippen LogP contribution is 2.27. The van der Waals surface area contributed by atoms with Crippen molar-refractivity contribution >= 4 is 17.6 Å². The molecule has 130 valence electrons. The number of benzene rings is 3. The first-order chi connectivity index (χ1) is 12.6. The third-order valence-electron chi connectivity index (χ3n) is 3.91. The van der Waals surface area contributed by atoms with E-state index in [0.717, 1.165) is 11.1 Å². The van der Waals surface area contributed by atoms with Gasteiger partial charge in [-0.25, -0.2) is 4.79 Å². The van der Waals surface area contributed by atoms with Crippen molar-refractivity contribution in [1.29, 1.82) is 0 Å². The van der Waals surface area contributed by atoms with E-state index in [-0.39, 0.29) is 17.2 Å². The zero-order valence-electron chi connectivity index (χ0n) is 14.1.